The highest BCUT2D eigenvalue weighted by molar-refractivity contribution is 5.73. The molecule has 0 aromatic carbocycles. The molecule has 0 spiro atoms. The first-order chi connectivity index (χ1) is 12.6. The fourth-order valence-corrected chi connectivity index (χ4v) is 2.44. The molecule has 1 atom stereocenters. The molecule has 0 aliphatic rings. The van der Waals surface area contributed by atoms with Crippen LogP contribution in [-0.2, 0) is 4.74 Å². The summed E-state index contributed by atoms with van der Waals surface area (Å²) in [4.78, 5) is 16.3. The van der Waals surface area contributed by atoms with Gasteiger partial charge in [0.2, 0.25) is 0 Å². The molecule has 0 fully saturated rings. The highest BCUT2D eigenvalue weighted by Crippen LogP contribution is 2.31. The van der Waals surface area contributed by atoms with Crippen LogP contribution in [-0.4, -0.2) is 26.4 Å². The monoisotopic (exact) mass is 379 g/mol. The lowest BCUT2D eigenvalue weighted by Gasteiger charge is -2.23. The van der Waals surface area contributed by atoms with Gasteiger partial charge in [0, 0.05) is 23.7 Å². The van der Waals surface area contributed by atoms with E-state index in [1.165, 1.54) is 12.3 Å². The molecule has 146 valence electrons. The highest BCUT2D eigenvalue weighted by Gasteiger charge is 2.23. The Bertz CT molecular complexity index is 814. The molecule has 2 rings (SSSR count). The molecule has 0 aliphatic heterocycles. The fourth-order valence-electron chi connectivity index (χ4n) is 2.44. The molecule has 2 aromatic heterocycles. The normalized spacial score (nSPS) is 12.7. The molecule has 2 heterocycles. The Morgan fingerprint density at radius 2 is 2.19 bits per heavy atom. The van der Waals surface area contributed by atoms with Gasteiger partial charge in [-0.05, 0) is 32.9 Å². The third-order valence-corrected chi connectivity index (χ3v) is 3.50. The van der Waals surface area contributed by atoms with Crippen LogP contribution in [0.5, 0.6) is 0 Å². The molecule has 0 radical (unpaired) electrons. The molecule has 0 bridgehead atoms. The quantitative estimate of drug-likeness (QED) is 0.738. The Morgan fingerprint density at radius 1 is 1.48 bits per heavy atom. The van der Waals surface area contributed by atoms with E-state index in [-0.39, 0.29) is 11.4 Å². The Hall–Kier alpha value is -2.97. The van der Waals surface area contributed by atoms with Crippen molar-refractivity contribution in [1.29, 1.82) is 0 Å². The number of nitrogen functional groups attached to an aromatic ring is 1. The van der Waals surface area contributed by atoms with Crippen LogP contribution < -0.4 is 11.1 Å². The maximum atomic E-state index is 13.2. The maximum absolute atomic E-state index is 13.2. The number of carbonyl (C=O) groups excluding carboxylic acids is 1. The average molecular weight is 379 g/mol. The van der Waals surface area contributed by atoms with Crippen molar-refractivity contribution < 1.29 is 18.3 Å². The first-order valence-corrected chi connectivity index (χ1v) is 8.29. The number of alkyl halides is 2. The molecule has 9 heteroatoms. The van der Waals surface area contributed by atoms with Crippen LogP contribution in [0.15, 0.2) is 37.2 Å². The second kappa shape index (κ2) is 8.15. The third kappa shape index (κ3) is 5.25. The number of rotatable bonds is 6. The van der Waals surface area contributed by atoms with Crippen molar-refractivity contribution in [2.45, 2.75) is 45.4 Å². The lowest BCUT2D eigenvalue weighted by molar-refractivity contribution is 0.0585. The van der Waals surface area contributed by atoms with Crippen molar-refractivity contribution in [2.75, 3.05) is 5.73 Å². The number of nitrogens with two attached hydrogens (primary N) is 1. The number of anilines is 1. The number of hydrogen-bond donors (Lipinski definition) is 2. The number of nitrogens with one attached hydrogen (secondary N) is 1. The summed E-state index contributed by atoms with van der Waals surface area (Å²) in [6.45, 7) is 6.29. The minimum atomic E-state index is -2.84. The summed E-state index contributed by atoms with van der Waals surface area (Å²) in [6, 6.07) is 3.08. The largest absolute Gasteiger partial charge is 0.439 e. The molecule has 27 heavy (non-hydrogen) atoms. The summed E-state index contributed by atoms with van der Waals surface area (Å²) in [5, 5.41) is 6.30. The lowest BCUT2D eigenvalue weighted by atomic mass is 10.1. The Labute approximate surface area is 156 Å². The van der Waals surface area contributed by atoms with Gasteiger partial charge < -0.3 is 15.8 Å². The molecule has 0 aliphatic carbocycles. The van der Waals surface area contributed by atoms with Crippen molar-refractivity contribution in [3.05, 3.63) is 42.9 Å². The zero-order valence-electron chi connectivity index (χ0n) is 15.4. The fraction of sp³-hybridized carbons (Fsp3) is 0.389. The SMILES string of the molecule is C=CC[C@H](OC(=O)NC(C)(C)C)c1cc(-c2c(N)cnn2C(F)F)ccn1. The van der Waals surface area contributed by atoms with E-state index in [0.717, 1.165) is 6.20 Å². The topological polar surface area (TPSA) is 95.1 Å². The van der Waals surface area contributed by atoms with Crippen molar-refractivity contribution in [3.8, 4) is 11.3 Å². The average Bonchev–Trinajstić information content (AvgIpc) is 2.95. The number of alkyl carbamates (subject to hydrolysis) is 1. The number of hydrogen-bond acceptors (Lipinski definition) is 5. The summed E-state index contributed by atoms with van der Waals surface area (Å²) in [5.41, 5.74) is 6.29. The van der Waals surface area contributed by atoms with Crippen LogP contribution in [0.25, 0.3) is 11.3 Å². The van der Waals surface area contributed by atoms with Gasteiger partial charge in [0.15, 0.2) is 0 Å². The van der Waals surface area contributed by atoms with Gasteiger partial charge in [-0.1, -0.05) is 6.08 Å². The van der Waals surface area contributed by atoms with Gasteiger partial charge in [-0.2, -0.15) is 13.9 Å². The minimum Gasteiger partial charge on any atom is -0.439 e. The first-order valence-electron chi connectivity index (χ1n) is 8.29. The number of carbonyl (C=O) groups is 1. The van der Waals surface area contributed by atoms with Crippen molar-refractivity contribution >= 4 is 11.8 Å². The minimum absolute atomic E-state index is 0.0742. The van der Waals surface area contributed by atoms with E-state index >= 15 is 0 Å². The van der Waals surface area contributed by atoms with Crippen molar-refractivity contribution in [2.24, 2.45) is 0 Å². The van der Waals surface area contributed by atoms with Crippen LogP contribution >= 0.6 is 0 Å². The molecule has 3 N–H and O–H groups in total. The molecule has 0 saturated heterocycles. The molecule has 1 amide bonds. The van der Waals surface area contributed by atoms with E-state index in [4.69, 9.17) is 10.5 Å². The lowest BCUT2D eigenvalue weighted by Crippen LogP contribution is -2.41. The van der Waals surface area contributed by atoms with Crippen LogP contribution in [0.4, 0.5) is 19.3 Å². The Balaban J connectivity index is 2.34. The second-order valence-electron chi connectivity index (χ2n) is 6.93. The van der Waals surface area contributed by atoms with Crippen molar-refractivity contribution in [1.82, 2.24) is 20.1 Å². The van der Waals surface area contributed by atoms with Crippen LogP contribution in [0.1, 0.15) is 45.5 Å². The standard InChI is InChI=1S/C18H23F2N5O2/c1-5-6-14(27-17(26)24-18(2,3)4)13-9-11(7-8-22-13)15-12(21)10-23-25(15)16(19)20/h5,7-10,14,16H,1,6,21H2,2-4H3,(H,24,26)/t14-/m0/s1. The van der Waals surface area contributed by atoms with Gasteiger partial charge in [0.1, 0.15) is 6.10 Å². The number of pyridine rings is 1. The molecule has 0 saturated carbocycles. The molecular formula is C18H23F2N5O2. The second-order valence-corrected chi connectivity index (χ2v) is 6.93. The van der Waals surface area contributed by atoms with Gasteiger partial charge in [0.25, 0.3) is 0 Å². The van der Waals surface area contributed by atoms with E-state index in [1.807, 2.05) is 20.8 Å². The summed E-state index contributed by atoms with van der Waals surface area (Å²) in [5.74, 6) is 0. The van der Waals surface area contributed by atoms with Crippen LogP contribution in [0, 0.1) is 0 Å². The van der Waals surface area contributed by atoms with Gasteiger partial charge in [-0.25, -0.2) is 9.48 Å². The van der Waals surface area contributed by atoms with Crippen LogP contribution in [0.2, 0.25) is 0 Å². The van der Waals surface area contributed by atoms with Crippen LogP contribution in [0.3, 0.4) is 0 Å². The van der Waals surface area contributed by atoms with Gasteiger partial charge >= 0.3 is 12.6 Å². The summed E-state index contributed by atoms with van der Waals surface area (Å²) in [6.07, 6.45) is 3.15. The van der Waals surface area contributed by atoms with E-state index in [9.17, 15) is 13.6 Å². The number of aromatic nitrogens is 3. The Morgan fingerprint density at radius 3 is 2.78 bits per heavy atom. The molecule has 0 unspecified atom stereocenters. The van der Waals surface area contributed by atoms with E-state index < -0.39 is 24.3 Å². The molecular weight excluding hydrogens is 356 g/mol. The molecule has 7 nitrogen and oxygen atoms in total. The summed E-state index contributed by atoms with van der Waals surface area (Å²) >= 11 is 0. The zero-order chi connectivity index (χ0) is 20.2. The van der Waals surface area contributed by atoms with Crippen molar-refractivity contribution in [3.63, 3.8) is 0 Å². The number of ether oxygens (including phenoxy) is 1. The summed E-state index contributed by atoms with van der Waals surface area (Å²) in [7, 11) is 0. The predicted molar refractivity (Wildman–Crippen MR) is 98.0 cm³/mol. The predicted octanol–water partition coefficient (Wildman–Crippen LogP) is 4.06. The van der Waals surface area contributed by atoms with E-state index in [0.29, 0.717) is 22.4 Å². The first kappa shape index (κ1) is 20.3. The summed E-state index contributed by atoms with van der Waals surface area (Å²) < 4.78 is 32.3. The smallest absolute Gasteiger partial charge is 0.408 e. The van der Waals surface area contributed by atoms with E-state index in [2.05, 4.69) is 22.0 Å². The maximum Gasteiger partial charge on any atom is 0.408 e. The number of amides is 1. The molecule has 2 aromatic rings. The van der Waals surface area contributed by atoms with Gasteiger partial charge in [-0.15, -0.1) is 6.58 Å². The third-order valence-electron chi connectivity index (χ3n) is 3.50. The van der Waals surface area contributed by atoms with E-state index in [1.54, 1.807) is 12.1 Å². The highest BCUT2D eigenvalue weighted by atomic mass is 19.3. The number of nitrogens with zero attached hydrogens (tertiary/aromatic N) is 3. The Kier molecular flexibility index (Phi) is 6.14. The van der Waals surface area contributed by atoms with Gasteiger partial charge in [0.05, 0.1) is 23.3 Å². The van der Waals surface area contributed by atoms with Gasteiger partial charge in [-0.3, -0.25) is 4.98 Å². The number of halogens is 2. The zero-order valence-corrected chi connectivity index (χ0v) is 15.4.